The van der Waals surface area contributed by atoms with Crippen molar-refractivity contribution in [1.82, 2.24) is 0 Å². The standard InChI is InChI=1S/C30H28O4/c31-19-18-22-6-10-26(11-7-22)33-29-12-8-24-21-30(13-9-23(24)20-29)34-28-16-14-27(15-17-28)32-25-4-2-1-3-5-25/h1-13,19-21,27-28H,14-18H2. The predicted octanol–water partition coefficient (Wildman–Crippen LogP) is 7.14. The van der Waals surface area contributed by atoms with Crippen LogP contribution in [-0.2, 0) is 11.2 Å². The number of benzene rings is 4. The summed E-state index contributed by atoms with van der Waals surface area (Å²) in [7, 11) is 0. The van der Waals surface area contributed by atoms with Gasteiger partial charge in [0.2, 0.25) is 0 Å². The summed E-state index contributed by atoms with van der Waals surface area (Å²) in [6.45, 7) is 0. The van der Waals surface area contributed by atoms with Crippen LogP contribution in [0.1, 0.15) is 31.2 Å². The molecule has 0 aromatic heterocycles. The molecular formula is C30H28O4. The molecule has 0 spiro atoms. The Morgan fingerprint density at radius 2 is 1.18 bits per heavy atom. The highest BCUT2D eigenvalue weighted by Crippen LogP contribution is 2.31. The van der Waals surface area contributed by atoms with Crippen LogP contribution in [0.25, 0.3) is 10.8 Å². The summed E-state index contributed by atoms with van der Waals surface area (Å²) in [4.78, 5) is 10.6. The summed E-state index contributed by atoms with van der Waals surface area (Å²) in [6.07, 6.45) is 5.80. The Bertz CT molecular complexity index is 1230. The molecule has 0 amide bonds. The lowest BCUT2D eigenvalue weighted by atomic mass is 9.95. The number of para-hydroxylation sites is 1. The maximum absolute atomic E-state index is 10.6. The molecule has 0 heterocycles. The molecule has 1 fully saturated rings. The van der Waals surface area contributed by atoms with Crippen LogP contribution < -0.4 is 14.2 Å². The van der Waals surface area contributed by atoms with Gasteiger partial charge in [0, 0.05) is 6.42 Å². The molecule has 0 atom stereocenters. The van der Waals surface area contributed by atoms with Crippen LogP contribution in [0, 0.1) is 0 Å². The third-order valence-corrected chi connectivity index (χ3v) is 6.23. The highest BCUT2D eigenvalue weighted by atomic mass is 16.5. The van der Waals surface area contributed by atoms with Gasteiger partial charge in [-0.3, -0.25) is 0 Å². The van der Waals surface area contributed by atoms with Crippen LogP contribution in [-0.4, -0.2) is 18.5 Å². The van der Waals surface area contributed by atoms with Crippen molar-refractivity contribution in [2.75, 3.05) is 0 Å². The third-order valence-electron chi connectivity index (χ3n) is 6.23. The third kappa shape index (κ3) is 5.57. The molecule has 0 unspecified atom stereocenters. The minimum absolute atomic E-state index is 0.220. The lowest BCUT2D eigenvalue weighted by Gasteiger charge is -2.29. The Hall–Kier alpha value is -3.79. The number of hydrogen-bond acceptors (Lipinski definition) is 4. The second-order valence-electron chi connectivity index (χ2n) is 8.74. The number of carbonyl (C=O) groups excluding carboxylic acids is 1. The number of rotatable bonds is 8. The number of aldehydes is 1. The van der Waals surface area contributed by atoms with Gasteiger partial charge in [-0.25, -0.2) is 0 Å². The molecule has 1 aliphatic carbocycles. The van der Waals surface area contributed by atoms with Gasteiger partial charge in [0.25, 0.3) is 0 Å². The van der Waals surface area contributed by atoms with Crippen molar-refractivity contribution >= 4 is 17.1 Å². The van der Waals surface area contributed by atoms with E-state index in [1.807, 2.05) is 72.8 Å². The van der Waals surface area contributed by atoms with Gasteiger partial charge in [-0.05, 0) is 90.6 Å². The maximum Gasteiger partial charge on any atom is 0.128 e. The van der Waals surface area contributed by atoms with Crippen LogP contribution in [0.2, 0.25) is 0 Å². The average molecular weight is 453 g/mol. The molecule has 5 rings (SSSR count). The Morgan fingerprint density at radius 3 is 1.82 bits per heavy atom. The molecule has 0 aliphatic heterocycles. The molecule has 1 aliphatic rings. The molecule has 4 aromatic rings. The lowest BCUT2D eigenvalue weighted by Crippen LogP contribution is -2.30. The zero-order chi connectivity index (χ0) is 23.2. The van der Waals surface area contributed by atoms with E-state index in [9.17, 15) is 4.79 Å². The van der Waals surface area contributed by atoms with E-state index in [4.69, 9.17) is 14.2 Å². The molecule has 1 saturated carbocycles. The zero-order valence-electron chi connectivity index (χ0n) is 19.1. The lowest BCUT2D eigenvalue weighted by molar-refractivity contribution is -0.107. The molecule has 4 nitrogen and oxygen atoms in total. The van der Waals surface area contributed by atoms with Gasteiger partial charge in [0.1, 0.15) is 29.3 Å². The van der Waals surface area contributed by atoms with E-state index in [0.29, 0.717) is 6.42 Å². The van der Waals surface area contributed by atoms with E-state index in [1.165, 1.54) is 0 Å². The summed E-state index contributed by atoms with van der Waals surface area (Å²) >= 11 is 0. The molecule has 4 heteroatoms. The Morgan fingerprint density at radius 1 is 0.618 bits per heavy atom. The van der Waals surface area contributed by atoms with Gasteiger partial charge in [-0.1, -0.05) is 42.5 Å². The molecule has 4 aromatic carbocycles. The second kappa shape index (κ2) is 10.4. The fourth-order valence-corrected chi connectivity index (χ4v) is 4.42. The smallest absolute Gasteiger partial charge is 0.128 e. The first kappa shape index (κ1) is 22.0. The van der Waals surface area contributed by atoms with Crippen LogP contribution in [0.5, 0.6) is 23.0 Å². The first-order valence-electron chi connectivity index (χ1n) is 11.9. The fourth-order valence-electron chi connectivity index (χ4n) is 4.42. The number of hydrogen-bond donors (Lipinski definition) is 0. The second-order valence-corrected chi connectivity index (χ2v) is 8.74. The van der Waals surface area contributed by atoms with Crippen molar-refractivity contribution in [3.8, 4) is 23.0 Å². The normalized spacial score (nSPS) is 17.8. The van der Waals surface area contributed by atoms with Crippen molar-refractivity contribution in [2.45, 2.75) is 44.3 Å². The molecule has 0 saturated heterocycles. The zero-order valence-corrected chi connectivity index (χ0v) is 19.1. The maximum atomic E-state index is 10.6. The Balaban J connectivity index is 1.17. The van der Waals surface area contributed by atoms with E-state index < -0.39 is 0 Å². The molecule has 34 heavy (non-hydrogen) atoms. The van der Waals surface area contributed by atoms with Gasteiger partial charge >= 0.3 is 0 Å². The van der Waals surface area contributed by atoms with Gasteiger partial charge in [-0.15, -0.1) is 0 Å². The van der Waals surface area contributed by atoms with Gasteiger partial charge in [0.05, 0.1) is 12.2 Å². The number of carbonyl (C=O) groups is 1. The van der Waals surface area contributed by atoms with Gasteiger partial charge in [-0.2, -0.15) is 0 Å². The summed E-state index contributed by atoms with van der Waals surface area (Å²) < 4.78 is 18.4. The van der Waals surface area contributed by atoms with Crippen molar-refractivity contribution < 1.29 is 19.0 Å². The quantitative estimate of drug-likeness (QED) is 0.267. The molecular weight excluding hydrogens is 424 g/mol. The van der Waals surface area contributed by atoms with Gasteiger partial charge in [0.15, 0.2) is 0 Å². The van der Waals surface area contributed by atoms with Crippen molar-refractivity contribution in [3.63, 3.8) is 0 Å². The summed E-state index contributed by atoms with van der Waals surface area (Å²) in [5.41, 5.74) is 0.977. The number of ether oxygens (including phenoxy) is 3. The van der Waals surface area contributed by atoms with E-state index in [2.05, 4.69) is 18.2 Å². The fraction of sp³-hybridized carbons (Fsp3) is 0.233. The Kier molecular flexibility index (Phi) is 6.76. The molecule has 172 valence electrons. The topological polar surface area (TPSA) is 44.8 Å². The van der Waals surface area contributed by atoms with Gasteiger partial charge < -0.3 is 19.0 Å². The molecule has 0 bridgehead atoms. The minimum Gasteiger partial charge on any atom is -0.490 e. The van der Waals surface area contributed by atoms with Crippen molar-refractivity contribution in [1.29, 1.82) is 0 Å². The summed E-state index contributed by atoms with van der Waals surface area (Å²) in [5.74, 6) is 3.38. The van der Waals surface area contributed by atoms with Crippen molar-refractivity contribution in [2.24, 2.45) is 0 Å². The summed E-state index contributed by atoms with van der Waals surface area (Å²) in [5, 5.41) is 2.22. The van der Waals surface area contributed by atoms with Crippen molar-refractivity contribution in [3.05, 3.63) is 96.6 Å². The van der Waals surface area contributed by atoms with E-state index in [0.717, 1.165) is 71.3 Å². The monoisotopic (exact) mass is 452 g/mol. The Labute approximate surface area is 200 Å². The van der Waals surface area contributed by atoms with Crippen LogP contribution in [0.3, 0.4) is 0 Å². The predicted molar refractivity (Wildman–Crippen MR) is 134 cm³/mol. The summed E-state index contributed by atoms with van der Waals surface area (Å²) in [6, 6.07) is 29.9. The minimum atomic E-state index is 0.220. The van der Waals surface area contributed by atoms with Crippen LogP contribution in [0.15, 0.2) is 91.0 Å². The van der Waals surface area contributed by atoms with E-state index in [1.54, 1.807) is 0 Å². The first-order valence-corrected chi connectivity index (χ1v) is 11.9. The highest BCUT2D eigenvalue weighted by molar-refractivity contribution is 5.85. The first-order chi connectivity index (χ1) is 16.7. The van der Waals surface area contributed by atoms with Crippen LogP contribution in [0.4, 0.5) is 0 Å². The SMILES string of the molecule is O=CCc1ccc(Oc2ccc3cc(OC4CCC(Oc5ccccc5)CC4)ccc3c2)cc1. The number of fused-ring (bicyclic) bond motifs is 1. The molecule has 0 radical (unpaired) electrons. The highest BCUT2D eigenvalue weighted by Gasteiger charge is 2.23. The van der Waals surface area contributed by atoms with E-state index >= 15 is 0 Å². The molecule has 0 N–H and O–H groups in total. The largest absolute Gasteiger partial charge is 0.490 e. The van der Waals surface area contributed by atoms with E-state index in [-0.39, 0.29) is 12.2 Å². The average Bonchev–Trinajstić information content (AvgIpc) is 2.87. The van der Waals surface area contributed by atoms with Crippen LogP contribution >= 0.6 is 0 Å².